The summed E-state index contributed by atoms with van der Waals surface area (Å²) < 4.78 is 0. The van der Waals surface area contributed by atoms with Crippen LogP contribution in [0.15, 0.2) is 24.3 Å². The molecule has 0 saturated carbocycles. The first kappa shape index (κ1) is 12.7. The van der Waals surface area contributed by atoms with Gasteiger partial charge in [0.25, 0.3) is 0 Å². The first-order valence-electron chi connectivity index (χ1n) is 5.56. The maximum absolute atomic E-state index is 10.8. The lowest BCUT2D eigenvalue weighted by Gasteiger charge is -2.22. The summed E-state index contributed by atoms with van der Waals surface area (Å²) in [6, 6.07) is 7.71. The Labute approximate surface area is 96.7 Å². The van der Waals surface area contributed by atoms with Gasteiger partial charge in [-0.2, -0.15) is 0 Å². The van der Waals surface area contributed by atoms with Crippen molar-refractivity contribution >= 4 is 5.97 Å². The Kier molecular flexibility index (Phi) is 4.50. The van der Waals surface area contributed by atoms with E-state index in [1.165, 1.54) is 11.1 Å². The highest BCUT2D eigenvalue weighted by atomic mass is 16.4. The van der Waals surface area contributed by atoms with E-state index in [4.69, 9.17) is 5.11 Å². The van der Waals surface area contributed by atoms with Crippen LogP contribution in [0.1, 0.15) is 25.0 Å². The normalized spacial score (nSPS) is 12.8. The van der Waals surface area contributed by atoms with Gasteiger partial charge in [-0.1, -0.05) is 31.2 Å². The minimum absolute atomic E-state index is 0.454. The molecule has 3 nitrogen and oxygen atoms in total. The average molecular weight is 221 g/mol. The van der Waals surface area contributed by atoms with Crippen molar-refractivity contribution in [3.8, 4) is 0 Å². The second-order valence-electron chi connectivity index (χ2n) is 4.05. The summed E-state index contributed by atoms with van der Waals surface area (Å²) in [6.45, 7) is 4.49. The third-order valence-corrected chi connectivity index (χ3v) is 2.94. The predicted octanol–water partition coefficient (Wildman–Crippen LogP) is 2.15. The van der Waals surface area contributed by atoms with Gasteiger partial charge in [0.05, 0.1) is 0 Å². The molecule has 0 aliphatic rings. The van der Waals surface area contributed by atoms with E-state index in [0.29, 0.717) is 6.54 Å². The minimum atomic E-state index is -0.781. The molecule has 1 aromatic rings. The molecular weight excluding hydrogens is 202 g/mol. The number of hydrogen-bond acceptors (Lipinski definition) is 2. The van der Waals surface area contributed by atoms with Gasteiger partial charge in [-0.25, -0.2) is 0 Å². The number of aryl methyl sites for hydroxylation is 1. The van der Waals surface area contributed by atoms with Crippen LogP contribution in [0.5, 0.6) is 0 Å². The van der Waals surface area contributed by atoms with Crippen LogP contribution < -0.4 is 0 Å². The van der Waals surface area contributed by atoms with E-state index in [1.54, 1.807) is 6.92 Å². The number of rotatable bonds is 5. The van der Waals surface area contributed by atoms with Crippen LogP contribution in [0, 0.1) is 0 Å². The molecule has 0 spiro atoms. The van der Waals surface area contributed by atoms with E-state index >= 15 is 0 Å². The number of carboxylic acid groups (broad SMARTS) is 1. The molecule has 88 valence electrons. The Balaban J connectivity index is 2.76. The maximum atomic E-state index is 10.8. The lowest BCUT2D eigenvalue weighted by atomic mass is 10.0. The van der Waals surface area contributed by atoms with Crippen LogP contribution in [-0.2, 0) is 17.8 Å². The number of carboxylic acids is 1. The number of benzene rings is 1. The van der Waals surface area contributed by atoms with Gasteiger partial charge in [0.2, 0.25) is 0 Å². The van der Waals surface area contributed by atoms with Crippen molar-refractivity contribution in [2.75, 3.05) is 7.05 Å². The van der Waals surface area contributed by atoms with Gasteiger partial charge in [0.15, 0.2) is 0 Å². The Morgan fingerprint density at radius 1 is 1.38 bits per heavy atom. The van der Waals surface area contributed by atoms with E-state index in [2.05, 4.69) is 19.1 Å². The molecule has 1 aromatic carbocycles. The minimum Gasteiger partial charge on any atom is -0.480 e. The fourth-order valence-electron chi connectivity index (χ4n) is 1.65. The highest BCUT2D eigenvalue weighted by Gasteiger charge is 2.17. The van der Waals surface area contributed by atoms with E-state index < -0.39 is 12.0 Å². The zero-order valence-electron chi connectivity index (χ0n) is 10.1. The molecule has 0 aliphatic carbocycles. The van der Waals surface area contributed by atoms with Gasteiger partial charge in [0, 0.05) is 6.54 Å². The number of likely N-dealkylation sites (N-methyl/N-ethyl adjacent to an activating group) is 1. The molecule has 0 fully saturated rings. The van der Waals surface area contributed by atoms with E-state index in [-0.39, 0.29) is 0 Å². The number of hydrogen-bond donors (Lipinski definition) is 1. The Morgan fingerprint density at radius 3 is 2.44 bits per heavy atom. The smallest absolute Gasteiger partial charge is 0.320 e. The fraction of sp³-hybridized carbons (Fsp3) is 0.462. The van der Waals surface area contributed by atoms with Crippen molar-refractivity contribution in [1.29, 1.82) is 0 Å². The molecule has 0 radical (unpaired) electrons. The molecule has 1 atom stereocenters. The van der Waals surface area contributed by atoms with Crippen molar-refractivity contribution in [2.45, 2.75) is 32.9 Å². The number of carbonyl (C=O) groups is 1. The summed E-state index contributed by atoms with van der Waals surface area (Å²) in [4.78, 5) is 12.7. The van der Waals surface area contributed by atoms with Crippen LogP contribution >= 0.6 is 0 Å². The van der Waals surface area contributed by atoms with Crippen molar-refractivity contribution < 1.29 is 9.90 Å². The largest absolute Gasteiger partial charge is 0.480 e. The fourth-order valence-corrected chi connectivity index (χ4v) is 1.65. The molecule has 0 aliphatic heterocycles. The summed E-state index contributed by atoms with van der Waals surface area (Å²) in [5.41, 5.74) is 2.49. The SMILES string of the molecule is CCc1ccccc1CN(C)C(C)C(=O)O. The highest BCUT2D eigenvalue weighted by molar-refractivity contribution is 5.72. The molecule has 0 bridgehead atoms. The van der Waals surface area contributed by atoms with Crippen LogP contribution in [0.4, 0.5) is 0 Å². The second kappa shape index (κ2) is 5.66. The molecule has 1 N–H and O–H groups in total. The zero-order chi connectivity index (χ0) is 12.1. The topological polar surface area (TPSA) is 40.5 Å². The monoisotopic (exact) mass is 221 g/mol. The van der Waals surface area contributed by atoms with Gasteiger partial charge >= 0.3 is 5.97 Å². The second-order valence-corrected chi connectivity index (χ2v) is 4.05. The van der Waals surface area contributed by atoms with E-state index in [1.807, 2.05) is 24.1 Å². The lowest BCUT2D eigenvalue weighted by molar-refractivity contribution is -0.142. The van der Waals surface area contributed by atoms with Gasteiger partial charge in [0.1, 0.15) is 6.04 Å². The van der Waals surface area contributed by atoms with Crippen molar-refractivity contribution in [3.05, 3.63) is 35.4 Å². The third kappa shape index (κ3) is 3.07. The summed E-state index contributed by atoms with van der Waals surface area (Å²) >= 11 is 0. The summed E-state index contributed by atoms with van der Waals surface area (Å²) in [6.07, 6.45) is 0.978. The Morgan fingerprint density at radius 2 is 1.94 bits per heavy atom. The first-order valence-corrected chi connectivity index (χ1v) is 5.56. The summed E-state index contributed by atoms with van der Waals surface area (Å²) in [5.74, 6) is -0.781. The van der Waals surface area contributed by atoms with Crippen molar-refractivity contribution in [2.24, 2.45) is 0 Å². The highest BCUT2D eigenvalue weighted by Crippen LogP contribution is 2.13. The number of nitrogens with zero attached hydrogens (tertiary/aromatic N) is 1. The zero-order valence-corrected chi connectivity index (χ0v) is 10.1. The standard InChI is InChI=1S/C13H19NO2/c1-4-11-7-5-6-8-12(11)9-14(3)10(2)13(15)16/h5-8,10H,4,9H2,1-3H3,(H,15,16). The summed E-state index contributed by atoms with van der Waals surface area (Å²) in [5, 5.41) is 8.92. The first-order chi connectivity index (χ1) is 7.56. The predicted molar refractivity (Wildman–Crippen MR) is 64.4 cm³/mol. The van der Waals surface area contributed by atoms with Crippen LogP contribution in [0.2, 0.25) is 0 Å². The van der Waals surface area contributed by atoms with E-state index in [0.717, 1.165) is 6.42 Å². The molecule has 16 heavy (non-hydrogen) atoms. The molecule has 0 aromatic heterocycles. The lowest BCUT2D eigenvalue weighted by Crippen LogP contribution is -2.35. The molecule has 0 saturated heterocycles. The molecule has 1 rings (SSSR count). The Bertz CT molecular complexity index is 363. The Hall–Kier alpha value is -1.35. The third-order valence-electron chi connectivity index (χ3n) is 2.94. The number of aliphatic carboxylic acids is 1. The molecule has 3 heteroatoms. The van der Waals surface area contributed by atoms with Crippen molar-refractivity contribution in [1.82, 2.24) is 4.90 Å². The molecular formula is C13H19NO2. The summed E-state index contributed by atoms with van der Waals surface area (Å²) in [7, 11) is 1.84. The molecule has 0 amide bonds. The maximum Gasteiger partial charge on any atom is 0.320 e. The van der Waals surface area contributed by atoms with Crippen LogP contribution in [-0.4, -0.2) is 29.1 Å². The molecule has 1 unspecified atom stereocenters. The average Bonchev–Trinajstić information content (AvgIpc) is 2.28. The van der Waals surface area contributed by atoms with Crippen LogP contribution in [0.3, 0.4) is 0 Å². The van der Waals surface area contributed by atoms with Gasteiger partial charge in [-0.15, -0.1) is 0 Å². The quantitative estimate of drug-likeness (QED) is 0.828. The molecule has 0 heterocycles. The van der Waals surface area contributed by atoms with Gasteiger partial charge < -0.3 is 5.11 Å². The van der Waals surface area contributed by atoms with Crippen LogP contribution in [0.25, 0.3) is 0 Å². The van der Waals surface area contributed by atoms with Gasteiger partial charge in [-0.3, -0.25) is 9.69 Å². The van der Waals surface area contributed by atoms with Crippen molar-refractivity contribution in [3.63, 3.8) is 0 Å². The van der Waals surface area contributed by atoms with E-state index in [9.17, 15) is 4.79 Å². The van der Waals surface area contributed by atoms with Gasteiger partial charge in [-0.05, 0) is 31.5 Å².